The smallest absolute Gasteiger partial charge is 0.291 e. The molecule has 6 nitrogen and oxygen atoms in total. The van der Waals surface area contributed by atoms with Gasteiger partial charge in [0.15, 0.2) is 5.82 Å². The van der Waals surface area contributed by atoms with Crippen molar-refractivity contribution in [3.05, 3.63) is 85.1 Å². The highest BCUT2D eigenvalue weighted by atomic mass is 79.9. The van der Waals surface area contributed by atoms with Gasteiger partial charge < -0.3 is 4.90 Å². The molecule has 0 unspecified atom stereocenters. The molecule has 2 aromatic heterocycles. The van der Waals surface area contributed by atoms with Crippen LogP contribution in [0.15, 0.2) is 64.4 Å². The van der Waals surface area contributed by atoms with Crippen LogP contribution in [0.1, 0.15) is 5.56 Å². The summed E-state index contributed by atoms with van der Waals surface area (Å²) < 4.78 is 2.39. The Balaban J connectivity index is 1.73. The van der Waals surface area contributed by atoms with Gasteiger partial charge in [0, 0.05) is 27.2 Å². The Morgan fingerprint density at radius 3 is 2.63 bits per heavy atom. The van der Waals surface area contributed by atoms with Gasteiger partial charge in [0.05, 0.1) is 11.3 Å². The summed E-state index contributed by atoms with van der Waals surface area (Å²) in [5, 5.41) is 4.96. The Morgan fingerprint density at radius 1 is 1.17 bits per heavy atom. The molecule has 1 aliphatic heterocycles. The molecule has 9 heteroatoms. The second-order valence-corrected chi connectivity index (χ2v) is 8.94. The van der Waals surface area contributed by atoms with Crippen LogP contribution >= 0.6 is 38.9 Å². The van der Waals surface area contributed by atoms with E-state index in [1.807, 2.05) is 18.2 Å². The van der Waals surface area contributed by atoms with E-state index in [9.17, 15) is 9.59 Å². The number of hydrogen-bond donors (Lipinski definition) is 0. The number of carbonyl (C=O) groups is 1. The molecule has 0 radical (unpaired) electrons. The maximum Gasteiger partial charge on any atom is 0.291 e. The van der Waals surface area contributed by atoms with Crippen molar-refractivity contribution >= 4 is 61.0 Å². The number of nitrogens with zero attached hydrogens (tertiary/aromatic N) is 4. The van der Waals surface area contributed by atoms with Gasteiger partial charge >= 0.3 is 0 Å². The minimum Gasteiger partial charge on any atom is -0.304 e. The minimum atomic E-state index is -0.363. The lowest BCUT2D eigenvalue weighted by atomic mass is 10.1. The predicted molar refractivity (Wildman–Crippen MR) is 122 cm³/mol. The first kappa shape index (κ1) is 19.2. The molecular formula is C21H12BrClN4O2S. The molecule has 30 heavy (non-hydrogen) atoms. The van der Waals surface area contributed by atoms with Crippen molar-refractivity contribution in [2.45, 2.75) is 0 Å². The van der Waals surface area contributed by atoms with E-state index in [4.69, 9.17) is 11.6 Å². The fraction of sp³-hybridized carbons (Fsp3) is 0.0476. The number of benzene rings is 2. The minimum absolute atomic E-state index is 0.234. The number of carbonyl (C=O) groups excluding carboxylic acids is 1. The zero-order chi connectivity index (χ0) is 21.0. The van der Waals surface area contributed by atoms with Gasteiger partial charge in [-0.1, -0.05) is 44.9 Å². The highest BCUT2D eigenvalue weighted by molar-refractivity contribution is 9.10. The van der Waals surface area contributed by atoms with Crippen LogP contribution in [0.3, 0.4) is 0 Å². The van der Waals surface area contributed by atoms with Gasteiger partial charge in [0.1, 0.15) is 4.53 Å². The molecule has 0 atom stereocenters. The van der Waals surface area contributed by atoms with Crippen LogP contribution in [0.5, 0.6) is 0 Å². The van der Waals surface area contributed by atoms with Gasteiger partial charge in [-0.3, -0.25) is 9.59 Å². The number of anilines is 1. The molecule has 0 aliphatic carbocycles. The number of thiazole rings is 1. The summed E-state index contributed by atoms with van der Waals surface area (Å²) in [6.45, 7) is 4.08. The molecule has 1 aliphatic rings. The van der Waals surface area contributed by atoms with Crippen LogP contribution < -0.4 is 15.0 Å². The lowest BCUT2D eigenvalue weighted by Crippen LogP contribution is -2.32. The molecule has 148 valence electrons. The average Bonchev–Trinajstić information content (AvgIpc) is 3.35. The number of fused-ring (bicyclic) bond motifs is 2. The van der Waals surface area contributed by atoms with Crippen molar-refractivity contribution in [1.29, 1.82) is 0 Å². The number of hydrogen-bond acceptors (Lipinski definition) is 5. The number of rotatable bonds is 3. The second-order valence-electron chi connectivity index (χ2n) is 6.61. The molecule has 0 fully saturated rings. The van der Waals surface area contributed by atoms with E-state index in [0.717, 1.165) is 27.1 Å². The molecule has 5 rings (SSSR count). The van der Waals surface area contributed by atoms with Gasteiger partial charge in [-0.2, -0.15) is 9.50 Å². The molecule has 0 N–H and O–H groups in total. The summed E-state index contributed by atoms with van der Waals surface area (Å²) in [6.07, 6.45) is 1.66. The van der Waals surface area contributed by atoms with E-state index in [1.165, 1.54) is 4.52 Å². The van der Waals surface area contributed by atoms with Gasteiger partial charge in [-0.05, 0) is 42.5 Å². The molecular weight excluding hydrogens is 488 g/mol. The first-order chi connectivity index (χ1) is 14.5. The first-order valence-corrected chi connectivity index (χ1v) is 10.9. The fourth-order valence-corrected chi connectivity index (χ4v) is 4.92. The summed E-state index contributed by atoms with van der Waals surface area (Å²) in [7, 11) is 0. The summed E-state index contributed by atoms with van der Waals surface area (Å²) in [5.41, 5.74) is 2.21. The Kier molecular flexibility index (Phi) is 4.57. The fourth-order valence-electron chi connectivity index (χ4n) is 3.44. The van der Waals surface area contributed by atoms with Gasteiger partial charge in [0.25, 0.3) is 11.5 Å². The zero-order valence-electron chi connectivity index (χ0n) is 15.3. The Bertz CT molecular complexity index is 1460. The lowest BCUT2D eigenvalue weighted by Gasteiger charge is -2.14. The van der Waals surface area contributed by atoms with Gasteiger partial charge in [0.2, 0.25) is 4.96 Å². The van der Waals surface area contributed by atoms with Crippen molar-refractivity contribution in [3.8, 4) is 11.4 Å². The number of halogens is 2. The summed E-state index contributed by atoms with van der Waals surface area (Å²) in [5.74, 6) is 0.197. The Morgan fingerprint density at radius 2 is 1.93 bits per heavy atom. The van der Waals surface area contributed by atoms with Gasteiger partial charge in [-0.15, -0.1) is 11.7 Å². The third kappa shape index (κ3) is 2.91. The lowest BCUT2D eigenvalue weighted by molar-refractivity contribution is -0.112. The van der Waals surface area contributed by atoms with Crippen LogP contribution in [0, 0.1) is 0 Å². The summed E-state index contributed by atoms with van der Waals surface area (Å²) in [6, 6.07) is 12.6. The molecule has 2 aromatic carbocycles. The third-order valence-corrected chi connectivity index (χ3v) is 6.55. The molecule has 0 saturated carbocycles. The Labute approximate surface area is 187 Å². The topological polar surface area (TPSA) is 67.6 Å². The van der Waals surface area contributed by atoms with Crippen molar-refractivity contribution in [3.63, 3.8) is 0 Å². The van der Waals surface area contributed by atoms with E-state index in [-0.39, 0.29) is 11.5 Å². The maximum atomic E-state index is 13.2. The van der Waals surface area contributed by atoms with Crippen molar-refractivity contribution in [2.75, 3.05) is 11.4 Å². The normalized spacial score (nSPS) is 15.1. The molecule has 1 amide bonds. The number of amides is 1. The SMILES string of the molecule is C=CCN1C(=O)C(=c2sc3nc(-c4ccc(Cl)cc4)nn3c2=O)c2cc(Br)ccc21. The van der Waals surface area contributed by atoms with E-state index < -0.39 is 0 Å². The maximum absolute atomic E-state index is 13.2. The predicted octanol–water partition coefficient (Wildman–Crippen LogP) is 3.68. The number of aromatic nitrogens is 3. The van der Waals surface area contributed by atoms with Crippen molar-refractivity contribution < 1.29 is 4.79 Å². The monoisotopic (exact) mass is 498 g/mol. The van der Waals surface area contributed by atoms with E-state index >= 15 is 0 Å². The molecule has 0 saturated heterocycles. The van der Waals surface area contributed by atoms with E-state index in [0.29, 0.717) is 38.0 Å². The summed E-state index contributed by atoms with van der Waals surface area (Å²) in [4.78, 5) is 32.8. The standard InChI is InChI=1S/C21H12BrClN4O2S/c1-2-9-26-15-8-5-12(22)10-14(15)16(19(26)28)17-20(29)27-21(30-17)24-18(25-27)11-3-6-13(23)7-4-11/h2-8,10H,1,9H2. The van der Waals surface area contributed by atoms with Crippen LogP contribution in [0.4, 0.5) is 5.69 Å². The van der Waals surface area contributed by atoms with E-state index in [2.05, 4.69) is 32.6 Å². The average molecular weight is 500 g/mol. The van der Waals surface area contributed by atoms with Crippen LogP contribution in [-0.2, 0) is 4.79 Å². The zero-order valence-corrected chi connectivity index (χ0v) is 18.5. The second kappa shape index (κ2) is 7.16. The van der Waals surface area contributed by atoms with Crippen molar-refractivity contribution in [1.82, 2.24) is 14.6 Å². The molecule has 4 aromatic rings. The van der Waals surface area contributed by atoms with Crippen molar-refractivity contribution in [2.24, 2.45) is 0 Å². The van der Waals surface area contributed by atoms with Gasteiger partial charge in [-0.25, -0.2) is 0 Å². The quantitative estimate of drug-likeness (QED) is 0.403. The first-order valence-electron chi connectivity index (χ1n) is 8.90. The molecule has 0 bridgehead atoms. The Hall–Kier alpha value is -2.81. The highest BCUT2D eigenvalue weighted by Gasteiger charge is 2.34. The molecule has 3 heterocycles. The summed E-state index contributed by atoms with van der Waals surface area (Å²) >= 11 is 10.5. The van der Waals surface area contributed by atoms with Crippen LogP contribution in [0.25, 0.3) is 21.9 Å². The van der Waals surface area contributed by atoms with Crippen LogP contribution in [-0.4, -0.2) is 27.0 Å². The van der Waals surface area contributed by atoms with Crippen LogP contribution in [0.2, 0.25) is 5.02 Å². The third-order valence-electron chi connectivity index (χ3n) is 4.78. The largest absolute Gasteiger partial charge is 0.304 e. The van der Waals surface area contributed by atoms with E-state index in [1.54, 1.807) is 35.2 Å². The highest BCUT2D eigenvalue weighted by Crippen LogP contribution is 2.37. The molecule has 0 spiro atoms.